The van der Waals surface area contributed by atoms with Gasteiger partial charge in [0.1, 0.15) is 6.61 Å². The Labute approximate surface area is 124 Å². The van der Waals surface area contributed by atoms with Gasteiger partial charge in [-0.05, 0) is 32.6 Å². The minimum atomic E-state index is -0.964. The third-order valence-electron chi connectivity index (χ3n) is 4.27. The molecule has 2 saturated heterocycles. The van der Waals surface area contributed by atoms with Crippen LogP contribution in [0.25, 0.3) is 0 Å². The van der Waals surface area contributed by atoms with E-state index in [9.17, 15) is 14.7 Å². The highest BCUT2D eigenvalue weighted by Gasteiger charge is 2.33. The number of aliphatic carboxylic acids is 1. The molecule has 21 heavy (non-hydrogen) atoms. The predicted octanol–water partition coefficient (Wildman–Crippen LogP) is 0.519. The van der Waals surface area contributed by atoms with Crippen molar-refractivity contribution in [1.82, 2.24) is 9.80 Å². The smallest absolute Gasteiger partial charge is 0.329 e. The van der Waals surface area contributed by atoms with E-state index in [1.54, 1.807) is 16.7 Å². The molecule has 0 aliphatic carbocycles. The number of urea groups is 1. The van der Waals surface area contributed by atoms with Crippen molar-refractivity contribution in [2.75, 3.05) is 32.8 Å². The molecule has 0 bridgehead atoms. The summed E-state index contributed by atoms with van der Waals surface area (Å²) in [4.78, 5) is 26.4. The molecule has 120 valence electrons. The molecular weight excluding hydrogens is 276 g/mol. The number of carboxylic acids is 1. The minimum Gasteiger partial charge on any atom is -0.480 e. The second kappa shape index (κ2) is 6.62. The van der Waals surface area contributed by atoms with Gasteiger partial charge in [0, 0.05) is 26.2 Å². The van der Waals surface area contributed by atoms with E-state index >= 15 is 0 Å². The first-order valence-corrected chi connectivity index (χ1v) is 7.47. The van der Waals surface area contributed by atoms with Gasteiger partial charge in [-0.3, -0.25) is 0 Å². The van der Waals surface area contributed by atoms with E-state index in [1.165, 1.54) is 0 Å². The summed E-state index contributed by atoms with van der Waals surface area (Å²) >= 11 is 0. The third kappa shape index (κ3) is 4.57. The highest BCUT2D eigenvalue weighted by Crippen LogP contribution is 2.23. The molecule has 0 unspecified atom stereocenters. The summed E-state index contributed by atoms with van der Waals surface area (Å²) in [5, 5.41) is 18.5. The lowest BCUT2D eigenvalue weighted by molar-refractivity contribution is -0.145. The van der Waals surface area contributed by atoms with Gasteiger partial charge in [0.15, 0.2) is 0 Å². The zero-order chi connectivity index (χ0) is 15.5. The van der Waals surface area contributed by atoms with Gasteiger partial charge in [0.25, 0.3) is 0 Å². The number of carbonyl (C=O) groups is 2. The number of aliphatic hydroxyl groups is 1. The Morgan fingerprint density at radius 2 is 1.67 bits per heavy atom. The summed E-state index contributed by atoms with van der Waals surface area (Å²) in [7, 11) is 0. The van der Waals surface area contributed by atoms with Gasteiger partial charge in [-0.15, -0.1) is 0 Å². The van der Waals surface area contributed by atoms with Crippen molar-refractivity contribution in [3.63, 3.8) is 0 Å². The number of carbonyl (C=O) groups excluding carboxylic acids is 1. The fourth-order valence-corrected chi connectivity index (χ4v) is 2.78. The SMILES string of the molecule is CC1(O)CCN(C(=O)N2CCC(OCC(=O)O)CC2)CC1. The second-order valence-electron chi connectivity index (χ2n) is 6.16. The summed E-state index contributed by atoms with van der Waals surface area (Å²) in [6, 6.07) is 0.0159. The number of hydrogen-bond acceptors (Lipinski definition) is 4. The van der Waals surface area contributed by atoms with Crippen LogP contribution in [0, 0.1) is 0 Å². The number of nitrogens with zero attached hydrogens (tertiary/aromatic N) is 2. The van der Waals surface area contributed by atoms with Gasteiger partial charge in [-0.2, -0.15) is 0 Å². The van der Waals surface area contributed by atoms with E-state index in [4.69, 9.17) is 9.84 Å². The second-order valence-corrected chi connectivity index (χ2v) is 6.16. The molecule has 0 spiro atoms. The number of ether oxygens (including phenoxy) is 1. The molecule has 2 rings (SSSR count). The van der Waals surface area contributed by atoms with Crippen LogP contribution in [0.5, 0.6) is 0 Å². The Bertz CT molecular complexity index is 381. The van der Waals surface area contributed by atoms with Gasteiger partial charge >= 0.3 is 12.0 Å². The fourth-order valence-electron chi connectivity index (χ4n) is 2.78. The molecule has 0 atom stereocenters. The summed E-state index contributed by atoms with van der Waals surface area (Å²) in [5.41, 5.74) is -0.658. The van der Waals surface area contributed by atoms with Crippen molar-refractivity contribution in [2.45, 2.75) is 44.3 Å². The van der Waals surface area contributed by atoms with Crippen LogP contribution in [-0.4, -0.2) is 76.5 Å². The van der Waals surface area contributed by atoms with E-state index in [2.05, 4.69) is 0 Å². The first kappa shape index (κ1) is 16.0. The third-order valence-corrected chi connectivity index (χ3v) is 4.27. The predicted molar refractivity (Wildman–Crippen MR) is 75.0 cm³/mol. The van der Waals surface area contributed by atoms with Crippen LogP contribution in [0.3, 0.4) is 0 Å². The highest BCUT2D eigenvalue weighted by atomic mass is 16.5. The van der Waals surface area contributed by atoms with Gasteiger partial charge < -0.3 is 24.7 Å². The molecule has 7 heteroatoms. The lowest BCUT2D eigenvalue weighted by atomic mass is 9.94. The molecule has 7 nitrogen and oxygen atoms in total. The maximum atomic E-state index is 12.4. The molecule has 0 aromatic carbocycles. The quantitative estimate of drug-likeness (QED) is 0.793. The molecule has 2 aliphatic rings. The first-order valence-electron chi connectivity index (χ1n) is 7.47. The number of likely N-dealkylation sites (tertiary alicyclic amines) is 2. The van der Waals surface area contributed by atoms with Gasteiger partial charge in [-0.1, -0.05) is 0 Å². The van der Waals surface area contributed by atoms with Crippen LogP contribution in [0.1, 0.15) is 32.6 Å². The number of amides is 2. The molecule has 0 saturated carbocycles. The Balaban J connectivity index is 1.74. The van der Waals surface area contributed by atoms with Crippen molar-refractivity contribution in [2.24, 2.45) is 0 Å². The Kier molecular flexibility index (Phi) is 5.05. The number of hydrogen-bond donors (Lipinski definition) is 2. The largest absolute Gasteiger partial charge is 0.480 e. The highest BCUT2D eigenvalue weighted by molar-refractivity contribution is 5.74. The van der Waals surface area contributed by atoms with Crippen LogP contribution in [0.4, 0.5) is 4.79 Å². The monoisotopic (exact) mass is 300 g/mol. The van der Waals surface area contributed by atoms with Crippen LogP contribution < -0.4 is 0 Å². The lowest BCUT2D eigenvalue weighted by Gasteiger charge is -2.40. The number of carboxylic acid groups (broad SMARTS) is 1. The molecule has 0 aromatic heterocycles. The molecular formula is C14H24N2O5. The molecule has 0 aromatic rings. The van der Waals surface area contributed by atoms with Crippen molar-refractivity contribution in [3.05, 3.63) is 0 Å². The van der Waals surface area contributed by atoms with Crippen LogP contribution in [0.2, 0.25) is 0 Å². The number of piperidine rings is 2. The topological polar surface area (TPSA) is 90.3 Å². The van der Waals surface area contributed by atoms with Crippen LogP contribution in [0.15, 0.2) is 0 Å². The van der Waals surface area contributed by atoms with E-state index in [0.717, 1.165) is 0 Å². The van der Waals surface area contributed by atoms with Gasteiger partial charge in [-0.25, -0.2) is 9.59 Å². The first-order chi connectivity index (χ1) is 9.87. The average molecular weight is 300 g/mol. The minimum absolute atomic E-state index is 0.0159. The zero-order valence-corrected chi connectivity index (χ0v) is 12.5. The van der Waals surface area contributed by atoms with E-state index in [1.807, 2.05) is 0 Å². The summed E-state index contributed by atoms with van der Waals surface area (Å²) in [6.07, 6.45) is 2.48. The number of rotatable bonds is 3. The van der Waals surface area contributed by atoms with Gasteiger partial charge in [0.05, 0.1) is 11.7 Å². The normalized spacial score (nSPS) is 23.1. The van der Waals surface area contributed by atoms with Crippen molar-refractivity contribution in [1.29, 1.82) is 0 Å². The lowest BCUT2D eigenvalue weighted by Crippen LogP contribution is -2.52. The molecule has 0 radical (unpaired) electrons. The van der Waals surface area contributed by atoms with Crippen molar-refractivity contribution in [3.8, 4) is 0 Å². The van der Waals surface area contributed by atoms with Crippen molar-refractivity contribution < 1.29 is 24.5 Å². The maximum absolute atomic E-state index is 12.4. The Morgan fingerprint density at radius 3 is 2.19 bits per heavy atom. The molecule has 2 fully saturated rings. The van der Waals surface area contributed by atoms with E-state index < -0.39 is 11.6 Å². The molecule has 2 N–H and O–H groups in total. The fraction of sp³-hybridized carbons (Fsp3) is 0.857. The van der Waals surface area contributed by atoms with Crippen molar-refractivity contribution >= 4 is 12.0 Å². The van der Waals surface area contributed by atoms with Crippen LogP contribution in [-0.2, 0) is 9.53 Å². The summed E-state index contributed by atoms with van der Waals surface area (Å²) < 4.78 is 5.26. The molecule has 2 aliphatic heterocycles. The standard InChI is InChI=1S/C14H24N2O5/c1-14(20)4-8-16(9-5-14)13(19)15-6-2-11(3-7-15)21-10-12(17)18/h11,20H,2-10H2,1H3,(H,17,18). The summed E-state index contributed by atoms with van der Waals surface area (Å²) in [6.45, 7) is 3.88. The van der Waals surface area contributed by atoms with E-state index in [-0.39, 0.29) is 18.7 Å². The molecule has 2 amide bonds. The van der Waals surface area contributed by atoms with E-state index in [0.29, 0.717) is 51.9 Å². The molecule has 2 heterocycles. The Hall–Kier alpha value is -1.34. The zero-order valence-electron chi connectivity index (χ0n) is 12.5. The summed E-state index contributed by atoms with van der Waals surface area (Å²) in [5.74, 6) is -0.964. The Morgan fingerprint density at radius 1 is 1.14 bits per heavy atom. The van der Waals surface area contributed by atoms with Gasteiger partial charge in [0.2, 0.25) is 0 Å². The maximum Gasteiger partial charge on any atom is 0.329 e. The average Bonchev–Trinajstić information content (AvgIpc) is 2.45. The van der Waals surface area contributed by atoms with Crippen LogP contribution >= 0.6 is 0 Å².